The molecule has 0 aliphatic rings. The Morgan fingerprint density at radius 1 is 0.212 bits per heavy atom. The van der Waals surface area contributed by atoms with E-state index in [9.17, 15) is 0 Å². The normalized spacial score (nSPS) is 12.1. The summed E-state index contributed by atoms with van der Waals surface area (Å²) >= 11 is 7.80. The molecule has 118 heavy (non-hydrogen) atoms. The summed E-state index contributed by atoms with van der Waals surface area (Å²) in [7, 11) is 0. The van der Waals surface area contributed by atoms with Crippen LogP contribution in [0.3, 0.4) is 0 Å². The minimum absolute atomic E-state index is 0.0271. The molecule has 0 heterocycles. The first kappa shape index (κ1) is 80.5. The smallest absolute Gasteiger partial charge is 0.0561 e. The van der Waals surface area contributed by atoms with Gasteiger partial charge in [0.25, 0.3) is 0 Å². The second-order valence-corrected chi connectivity index (χ2v) is 38.1. The van der Waals surface area contributed by atoms with Gasteiger partial charge in [-0.2, -0.15) is 0 Å². The number of unbranched alkanes of at least 4 members (excludes halogenated alkanes) is 2. The highest BCUT2D eigenvalue weighted by atomic mass is 79.9. The predicted molar refractivity (Wildman–Crippen MR) is 518 cm³/mol. The molecule has 4 nitrogen and oxygen atoms in total. The van der Waals surface area contributed by atoms with E-state index in [0.717, 1.165) is 170 Å². The quantitative estimate of drug-likeness (QED) is 0.0627. The number of rotatable bonds is 22. The van der Waals surface area contributed by atoms with Crippen LogP contribution in [-0.2, 0) is 34.5 Å². The predicted octanol–water partition coefficient (Wildman–Crippen LogP) is 34.5. The fourth-order valence-corrected chi connectivity index (χ4v) is 17.3. The van der Waals surface area contributed by atoms with Crippen LogP contribution in [0, 0.1) is 0 Å². The van der Waals surface area contributed by atoms with Crippen molar-refractivity contribution in [1.82, 2.24) is 0 Å². The van der Waals surface area contributed by atoms with Gasteiger partial charge in [-0.15, -0.1) is 0 Å². The van der Waals surface area contributed by atoms with Gasteiger partial charge in [-0.05, 0) is 259 Å². The molecule has 590 valence electrons. The lowest BCUT2D eigenvalue weighted by atomic mass is 9.86. The van der Waals surface area contributed by atoms with E-state index < -0.39 is 0 Å². The third kappa shape index (κ3) is 16.8. The number of hydrogen-bond donors (Lipinski definition) is 0. The number of aryl methyl sites for hydroxylation is 2. The molecule has 6 heteroatoms. The third-order valence-electron chi connectivity index (χ3n) is 23.8. The molecule has 0 aliphatic carbocycles. The van der Waals surface area contributed by atoms with Crippen LogP contribution in [0.25, 0.3) is 76.8 Å². The maximum atomic E-state index is 3.90. The Hall–Kier alpha value is -11.3. The van der Waals surface area contributed by atoms with Gasteiger partial charge < -0.3 is 19.6 Å². The summed E-state index contributed by atoms with van der Waals surface area (Å²) in [5, 5.41) is 6.76. The van der Waals surface area contributed by atoms with E-state index in [-0.39, 0.29) is 21.7 Å². The molecule has 0 unspecified atom stereocenters. The third-order valence-corrected chi connectivity index (χ3v) is 24.9. The second-order valence-electron chi connectivity index (χ2n) is 36.2. The summed E-state index contributed by atoms with van der Waals surface area (Å²) in [6, 6.07) is 125. The van der Waals surface area contributed by atoms with Gasteiger partial charge in [0.1, 0.15) is 0 Å². The van der Waals surface area contributed by atoms with Gasteiger partial charge in [0.2, 0.25) is 0 Å². The zero-order valence-corrected chi connectivity index (χ0v) is 74.1. The van der Waals surface area contributed by atoms with E-state index >= 15 is 0 Å². The number of anilines is 12. The number of halogens is 2. The van der Waals surface area contributed by atoms with E-state index in [1.807, 2.05) is 0 Å². The Balaban J connectivity index is 1.02. The lowest BCUT2D eigenvalue weighted by molar-refractivity contribution is 0.590. The Labute approximate surface area is 718 Å². The maximum Gasteiger partial charge on any atom is 0.0561 e. The molecule has 16 aromatic carbocycles. The molecule has 0 N–H and O–H groups in total. The van der Waals surface area contributed by atoms with E-state index in [1.54, 1.807) is 0 Å². The SMILES string of the molecule is CCCCc1ccc(N(c2ccc(Br)cc2)c2cc(N(c3ccc(-c4ccc(C(C)(C)C)cc4)cc3)c3ccc(-c4ccc(C(C)(C)C)cc4)cc3)c3ccc4c(N(c5ccc(Br)cc5)c5ccc(CCCC)cc5)cc(N(c5ccc(-c6ccc(C(C)(C)C)cc6)cc5)c5ccc(-c6ccc(C(C)(C)C)cc6)cc5)c5ccc2c3c45)cc1. The van der Waals surface area contributed by atoms with E-state index in [4.69, 9.17) is 0 Å². The van der Waals surface area contributed by atoms with Crippen LogP contribution in [0.15, 0.2) is 337 Å². The first-order chi connectivity index (χ1) is 56.7. The van der Waals surface area contributed by atoms with Crippen molar-refractivity contribution in [2.45, 2.75) is 157 Å². The zero-order chi connectivity index (χ0) is 82.4. The summed E-state index contributed by atoms with van der Waals surface area (Å²) in [5.74, 6) is 0. The van der Waals surface area contributed by atoms with E-state index in [2.05, 4.69) is 476 Å². The van der Waals surface area contributed by atoms with Crippen LogP contribution in [0.1, 0.15) is 156 Å². The Morgan fingerprint density at radius 3 is 0.559 bits per heavy atom. The van der Waals surface area contributed by atoms with Crippen molar-refractivity contribution in [1.29, 1.82) is 0 Å². The summed E-state index contributed by atoms with van der Waals surface area (Å²) in [6.45, 7) is 32.0. The second kappa shape index (κ2) is 33.3. The maximum absolute atomic E-state index is 3.90. The molecular weight excluding hydrogens is 1560 g/mol. The highest BCUT2D eigenvalue weighted by Gasteiger charge is 2.31. The molecule has 0 atom stereocenters. The lowest BCUT2D eigenvalue weighted by Crippen LogP contribution is -2.16. The summed E-state index contributed by atoms with van der Waals surface area (Å²) < 4.78 is 2.03. The monoisotopic (exact) mass is 1670 g/mol. The summed E-state index contributed by atoms with van der Waals surface area (Å²) in [6.07, 6.45) is 6.53. The minimum atomic E-state index is 0.0271. The molecule has 0 aliphatic heterocycles. The molecule has 0 saturated heterocycles. The minimum Gasteiger partial charge on any atom is -0.310 e. The van der Waals surface area contributed by atoms with Crippen LogP contribution >= 0.6 is 31.9 Å². The first-order valence-corrected chi connectivity index (χ1v) is 43.9. The molecule has 16 rings (SSSR count). The largest absolute Gasteiger partial charge is 0.310 e. The molecular formula is C112H108Br2N4. The lowest BCUT2D eigenvalue weighted by Gasteiger charge is -2.34. The standard InChI is InChI=1S/C112H108Br2N4/c1-15-17-19-75-21-53-91(54-22-75)115(97-65-49-89(113)50-66-97)103-73-105(117(93-57-33-81(34-58-93)77-25-41-85(42-26-77)109(3,4)5)94-59-35-82(36-60-94)78-27-43-86(44-28-78)110(6,7)8)101-72-70-100-104(116(98-67-51-90(114)52-68-98)92-55-23-76(24-56-92)20-18-16-2)74-106(102-71-69-99(103)107(101)108(100)102)118(95-61-37-83(38-62-95)79-29-45-87(46-30-79)111(9,10)11)96-63-39-84(40-64-96)80-31-47-88(48-32-80)112(12,13)14/h21-74H,15-20H2,1-14H3. The molecule has 0 bridgehead atoms. The number of benzene rings is 16. The van der Waals surface area contributed by atoms with Crippen molar-refractivity contribution in [3.05, 3.63) is 370 Å². The molecule has 0 radical (unpaired) electrons. The fourth-order valence-electron chi connectivity index (χ4n) is 16.8. The van der Waals surface area contributed by atoms with Gasteiger partial charge in [0, 0.05) is 86.8 Å². The molecule has 0 spiro atoms. The van der Waals surface area contributed by atoms with Crippen molar-refractivity contribution < 1.29 is 0 Å². The van der Waals surface area contributed by atoms with Crippen molar-refractivity contribution in [3.63, 3.8) is 0 Å². The van der Waals surface area contributed by atoms with Gasteiger partial charge in [-0.1, -0.05) is 336 Å². The fraction of sp³-hybridized carbons (Fsp3) is 0.214. The Kier molecular flexibility index (Phi) is 22.7. The van der Waals surface area contributed by atoms with Crippen LogP contribution in [0.4, 0.5) is 68.2 Å². The highest BCUT2D eigenvalue weighted by molar-refractivity contribution is 9.10. The van der Waals surface area contributed by atoms with Gasteiger partial charge in [0.15, 0.2) is 0 Å². The molecule has 0 saturated carbocycles. The topological polar surface area (TPSA) is 13.0 Å². The van der Waals surface area contributed by atoms with Crippen LogP contribution in [-0.4, -0.2) is 0 Å². The van der Waals surface area contributed by atoms with Crippen molar-refractivity contribution in [3.8, 4) is 44.5 Å². The van der Waals surface area contributed by atoms with Gasteiger partial charge in [-0.25, -0.2) is 0 Å². The zero-order valence-electron chi connectivity index (χ0n) is 71.0. The molecule has 0 fully saturated rings. The number of nitrogens with zero attached hydrogens (tertiary/aromatic N) is 4. The van der Waals surface area contributed by atoms with E-state index in [0.29, 0.717) is 0 Å². The first-order valence-electron chi connectivity index (χ1n) is 42.3. The molecule has 0 amide bonds. The van der Waals surface area contributed by atoms with Crippen molar-refractivity contribution >= 4 is 132 Å². The molecule has 0 aromatic heterocycles. The van der Waals surface area contributed by atoms with E-state index in [1.165, 1.54) is 55.6 Å². The van der Waals surface area contributed by atoms with Crippen LogP contribution in [0.5, 0.6) is 0 Å². The Bertz CT molecular complexity index is 5560. The average molecular weight is 1670 g/mol. The molecule has 16 aromatic rings. The number of hydrogen-bond acceptors (Lipinski definition) is 4. The Morgan fingerprint density at radius 2 is 0.381 bits per heavy atom. The van der Waals surface area contributed by atoms with Crippen LogP contribution in [0.2, 0.25) is 0 Å². The van der Waals surface area contributed by atoms with Gasteiger partial charge >= 0.3 is 0 Å². The summed E-state index contributed by atoms with van der Waals surface area (Å²) in [5.41, 5.74) is 29.9. The highest BCUT2D eigenvalue weighted by Crippen LogP contribution is 2.56. The van der Waals surface area contributed by atoms with Crippen LogP contribution < -0.4 is 19.6 Å². The van der Waals surface area contributed by atoms with Gasteiger partial charge in [-0.3, -0.25) is 0 Å². The summed E-state index contributed by atoms with van der Waals surface area (Å²) in [4.78, 5) is 10.1. The van der Waals surface area contributed by atoms with Crippen molar-refractivity contribution in [2.75, 3.05) is 19.6 Å². The van der Waals surface area contributed by atoms with Gasteiger partial charge in [0.05, 0.1) is 22.7 Å². The average Bonchev–Trinajstić information content (AvgIpc) is 0.698. The van der Waals surface area contributed by atoms with Crippen molar-refractivity contribution in [2.24, 2.45) is 0 Å².